The van der Waals surface area contributed by atoms with Crippen LogP contribution in [-0.4, -0.2) is 18.7 Å². The molecule has 0 unspecified atom stereocenters. The molecule has 0 saturated carbocycles. The molecule has 23 heavy (non-hydrogen) atoms. The Balaban J connectivity index is 1.79. The molecule has 0 aliphatic heterocycles. The summed E-state index contributed by atoms with van der Waals surface area (Å²) in [6.45, 7) is 0. The molecule has 118 valence electrons. The molecule has 0 radical (unpaired) electrons. The van der Waals surface area contributed by atoms with E-state index in [0.717, 1.165) is 36.3 Å². The van der Waals surface area contributed by atoms with Crippen molar-refractivity contribution in [2.75, 3.05) is 12.8 Å². The number of nitrogen functional groups attached to an aromatic ring is 1. The maximum atomic E-state index is 12.1. The second-order valence-corrected chi connectivity index (χ2v) is 5.50. The second kappa shape index (κ2) is 6.52. The normalized spacial score (nSPS) is 15.1. The molecule has 5 nitrogen and oxygen atoms in total. The van der Waals surface area contributed by atoms with E-state index in [9.17, 15) is 4.79 Å². The molecular weight excluding hydrogens is 290 g/mol. The standard InChI is InChI=1S/C18H19N3O2/c1-23-15-9-10-16-13(11-15)3-2-4-17(16)20-21-18(22)12-5-7-14(19)8-6-12/h5-11H,2-4,19H2,1H3,(H,21,22)/b20-17-. The number of nitrogens with one attached hydrogen (secondary N) is 1. The van der Waals surface area contributed by atoms with Crippen LogP contribution in [-0.2, 0) is 6.42 Å². The molecule has 1 aliphatic rings. The van der Waals surface area contributed by atoms with Crippen molar-refractivity contribution in [1.29, 1.82) is 0 Å². The summed E-state index contributed by atoms with van der Waals surface area (Å²) in [5.74, 6) is 0.606. The van der Waals surface area contributed by atoms with Crippen LogP contribution in [0.15, 0.2) is 47.6 Å². The molecule has 0 atom stereocenters. The molecule has 2 aromatic rings. The number of nitrogens with two attached hydrogens (primary N) is 1. The summed E-state index contributed by atoms with van der Waals surface area (Å²) in [6, 6.07) is 12.7. The van der Waals surface area contributed by atoms with Gasteiger partial charge in [-0.3, -0.25) is 4.79 Å². The Morgan fingerprint density at radius 3 is 2.70 bits per heavy atom. The third-order valence-electron chi connectivity index (χ3n) is 3.95. The topological polar surface area (TPSA) is 76.7 Å². The average molecular weight is 309 g/mol. The predicted molar refractivity (Wildman–Crippen MR) is 90.8 cm³/mol. The highest BCUT2D eigenvalue weighted by molar-refractivity contribution is 6.04. The first-order valence-corrected chi connectivity index (χ1v) is 7.57. The lowest BCUT2D eigenvalue weighted by Gasteiger charge is -2.18. The summed E-state index contributed by atoms with van der Waals surface area (Å²) in [5.41, 5.74) is 12.6. The highest BCUT2D eigenvalue weighted by atomic mass is 16.5. The van der Waals surface area contributed by atoms with Crippen molar-refractivity contribution in [2.45, 2.75) is 19.3 Å². The molecule has 5 heteroatoms. The van der Waals surface area contributed by atoms with Crippen molar-refractivity contribution in [2.24, 2.45) is 5.10 Å². The number of amides is 1. The molecule has 0 bridgehead atoms. The molecule has 1 amide bonds. The Morgan fingerprint density at radius 1 is 1.17 bits per heavy atom. The predicted octanol–water partition coefficient (Wildman–Crippen LogP) is 2.75. The average Bonchev–Trinajstić information content (AvgIpc) is 2.59. The highest BCUT2D eigenvalue weighted by Gasteiger charge is 2.16. The zero-order chi connectivity index (χ0) is 16.2. The van der Waals surface area contributed by atoms with Gasteiger partial charge in [0.15, 0.2) is 0 Å². The zero-order valence-electron chi connectivity index (χ0n) is 13.0. The van der Waals surface area contributed by atoms with Gasteiger partial charge >= 0.3 is 0 Å². The number of hydrazone groups is 1. The number of aryl methyl sites for hydroxylation is 1. The third-order valence-corrected chi connectivity index (χ3v) is 3.95. The summed E-state index contributed by atoms with van der Waals surface area (Å²) in [7, 11) is 1.66. The smallest absolute Gasteiger partial charge is 0.271 e. The number of benzene rings is 2. The fourth-order valence-corrected chi connectivity index (χ4v) is 2.70. The summed E-state index contributed by atoms with van der Waals surface area (Å²) < 4.78 is 5.26. The van der Waals surface area contributed by atoms with Crippen LogP contribution < -0.4 is 15.9 Å². The van der Waals surface area contributed by atoms with Gasteiger partial charge in [0, 0.05) is 16.8 Å². The van der Waals surface area contributed by atoms with Gasteiger partial charge in [-0.2, -0.15) is 5.10 Å². The summed E-state index contributed by atoms with van der Waals surface area (Å²) in [6.07, 6.45) is 2.86. The number of nitrogens with zero attached hydrogens (tertiary/aromatic N) is 1. The fourth-order valence-electron chi connectivity index (χ4n) is 2.70. The van der Waals surface area contributed by atoms with Crippen LogP contribution in [0.2, 0.25) is 0 Å². The quantitative estimate of drug-likeness (QED) is 0.676. The number of methoxy groups -OCH3 is 1. The number of rotatable bonds is 3. The summed E-state index contributed by atoms with van der Waals surface area (Å²) in [5, 5.41) is 4.32. The van der Waals surface area contributed by atoms with Crippen LogP contribution in [0.25, 0.3) is 0 Å². The minimum Gasteiger partial charge on any atom is -0.497 e. The van der Waals surface area contributed by atoms with E-state index in [4.69, 9.17) is 10.5 Å². The summed E-state index contributed by atoms with van der Waals surface area (Å²) in [4.78, 5) is 12.1. The largest absolute Gasteiger partial charge is 0.497 e. The van der Waals surface area contributed by atoms with Crippen LogP contribution in [0.4, 0.5) is 5.69 Å². The molecule has 0 aromatic heterocycles. The van der Waals surface area contributed by atoms with Crippen LogP contribution >= 0.6 is 0 Å². The molecule has 0 saturated heterocycles. The number of fused-ring (bicyclic) bond motifs is 1. The van der Waals surface area contributed by atoms with E-state index in [2.05, 4.69) is 10.5 Å². The maximum absolute atomic E-state index is 12.1. The first-order chi connectivity index (χ1) is 11.2. The van der Waals surface area contributed by atoms with Gasteiger partial charge in [0.05, 0.1) is 12.8 Å². The molecule has 0 heterocycles. The highest BCUT2D eigenvalue weighted by Crippen LogP contribution is 2.25. The number of hydrogen-bond donors (Lipinski definition) is 2. The molecule has 2 aromatic carbocycles. The first-order valence-electron chi connectivity index (χ1n) is 7.57. The van der Waals surface area contributed by atoms with E-state index in [0.29, 0.717) is 11.3 Å². The molecular formula is C18H19N3O2. The van der Waals surface area contributed by atoms with Crippen molar-refractivity contribution in [1.82, 2.24) is 5.43 Å². The molecule has 0 fully saturated rings. The fraction of sp³-hybridized carbons (Fsp3) is 0.222. The Labute approximate surface area is 135 Å². The first kappa shape index (κ1) is 15.1. The molecule has 0 spiro atoms. The van der Waals surface area contributed by atoms with Gasteiger partial charge in [-0.1, -0.05) is 0 Å². The van der Waals surface area contributed by atoms with Gasteiger partial charge in [-0.05, 0) is 67.3 Å². The van der Waals surface area contributed by atoms with Gasteiger partial charge in [0.2, 0.25) is 0 Å². The Kier molecular flexibility index (Phi) is 4.28. The van der Waals surface area contributed by atoms with E-state index in [1.807, 2.05) is 18.2 Å². The third kappa shape index (κ3) is 3.34. The Hall–Kier alpha value is -2.82. The molecule has 3 rings (SSSR count). The van der Waals surface area contributed by atoms with Crippen molar-refractivity contribution in [3.8, 4) is 5.75 Å². The lowest BCUT2D eigenvalue weighted by atomic mass is 9.90. The van der Waals surface area contributed by atoms with Crippen LogP contribution in [0.1, 0.15) is 34.3 Å². The Morgan fingerprint density at radius 2 is 1.96 bits per heavy atom. The SMILES string of the molecule is COc1ccc2c(c1)CCC/C2=N/NC(=O)c1ccc(N)cc1. The monoisotopic (exact) mass is 309 g/mol. The number of carbonyl (C=O) groups is 1. The molecule has 3 N–H and O–H groups in total. The van der Waals surface area contributed by atoms with Crippen molar-refractivity contribution >= 4 is 17.3 Å². The lowest BCUT2D eigenvalue weighted by molar-refractivity contribution is 0.0955. The van der Waals surface area contributed by atoms with Crippen molar-refractivity contribution < 1.29 is 9.53 Å². The number of anilines is 1. The number of hydrogen-bond acceptors (Lipinski definition) is 4. The van der Waals surface area contributed by atoms with Crippen molar-refractivity contribution in [3.05, 3.63) is 59.2 Å². The number of ether oxygens (including phenoxy) is 1. The van der Waals surface area contributed by atoms with Crippen LogP contribution in [0, 0.1) is 0 Å². The summed E-state index contributed by atoms with van der Waals surface area (Å²) >= 11 is 0. The minimum absolute atomic E-state index is 0.238. The van der Waals surface area contributed by atoms with E-state index >= 15 is 0 Å². The zero-order valence-corrected chi connectivity index (χ0v) is 13.0. The maximum Gasteiger partial charge on any atom is 0.271 e. The van der Waals surface area contributed by atoms with E-state index in [1.165, 1.54) is 5.56 Å². The van der Waals surface area contributed by atoms with Gasteiger partial charge in [0.1, 0.15) is 5.75 Å². The van der Waals surface area contributed by atoms with Gasteiger partial charge < -0.3 is 10.5 Å². The van der Waals surface area contributed by atoms with E-state index in [1.54, 1.807) is 31.4 Å². The minimum atomic E-state index is -0.238. The van der Waals surface area contributed by atoms with E-state index in [-0.39, 0.29) is 5.91 Å². The van der Waals surface area contributed by atoms with Gasteiger partial charge in [-0.15, -0.1) is 0 Å². The van der Waals surface area contributed by atoms with Gasteiger partial charge in [-0.25, -0.2) is 5.43 Å². The van der Waals surface area contributed by atoms with Gasteiger partial charge in [0.25, 0.3) is 5.91 Å². The second-order valence-electron chi connectivity index (χ2n) is 5.50. The van der Waals surface area contributed by atoms with E-state index < -0.39 is 0 Å². The lowest BCUT2D eigenvalue weighted by Crippen LogP contribution is -2.22. The Bertz CT molecular complexity index is 751. The van der Waals surface area contributed by atoms with Crippen LogP contribution in [0.5, 0.6) is 5.75 Å². The number of carbonyl (C=O) groups excluding carboxylic acids is 1. The van der Waals surface area contributed by atoms with Crippen molar-refractivity contribution in [3.63, 3.8) is 0 Å². The molecule has 1 aliphatic carbocycles. The van der Waals surface area contributed by atoms with Crippen LogP contribution in [0.3, 0.4) is 0 Å².